The summed E-state index contributed by atoms with van der Waals surface area (Å²) in [6, 6.07) is 5.87. The molecule has 0 saturated carbocycles. The first-order valence-electron chi connectivity index (χ1n) is 6.30. The van der Waals surface area contributed by atoms with Crippen LogP contribution >= 0.6 is 0 Å². The lowest BCUT2D eigenvalue weighted by Gasteiger charge is -2.22. The first-order chi connectivity index (χ1) is 9.22. The maximum absolute atomic E-state index is 13.1. The fourth-order valence-electron chi connectivity index (χ4n) is 2.22. The summed E-state index contributed by atoms with van der Waals surface area (Å²) in [6.07, 6.45) is 1.61. The highest BCUT2D eigenvalue weighted by atomic mass is 19.1. The van der Waals surface area contributed by atoms with Crippen molar-refractivity contribution in [3.8, 4) is 0 Å². The van der Waals surface area contributed by atoms with E-state index in [4.69, 9.17) is 9.15 Å². The Balaban J connectivity index is 1.77. The van der Waals surface area contributed by atoms with Gasteiger partial charge in [-0.2, -0.15) is 0 Å². The van der Waals surface area contributed by atoms with E-state index in [9.17, 15) is 9.18 Å². The van der Waals surface area contributed by atoms with E-state index in [-0.39, 0.29) is 23.5 Å². The molecule has 0 radical (unpaired) electrons. The van der Waals surface area contributed by atoms with Gasteiger partial charge < -0.3 is 14.5 Å². The Morgan fingerprint density at radius 1 is 1.26 bits per heavy atom. The molecule has 2 heterocycles. The van der Waals surface area contributed by atoms with Crippen LogP contribution in [0.15, 0.2) is 28.7 Å². The highest BCUT2D eigenvalue weighted by molar-refractivity contribution is 5.96. The van der Waals surface area contributed by atoms with Gasteiger partial charge in [-0.3, -0.25) is 4.79 Å². The van der Waals surface area contributed by atoms with E-state index in [0.717, 1.165) is 12.8 Å². The molecule has 1 aromatic heterocycles. The predicted octanol–water partition coefficient (Wildman–Crippen LogP) is 2.48. The lowest BCUT2D eigenvalue weighted by atomic mass is 10.1. The molecule has 4 nitrogen and oxygen atoms in total. The predicted molar refractivity (Wildman–Crippen MR) is 67.5 cm³/mol. The number of halogens is 1. The molecular weight excluding hydrogens is 249 g/mol. The van der Waals surface area contributed by atoms with Gasteiger partial charge in [-0.05, 0) is 37.1 Å². The minimum atomic E-state index is -0.343. The fourth-order valence-corrected chi connectivity index (χ4v) is 2.22. The SMILES string of the molecule is O=C(NC1CCOCC1)c1cc2cc(F)ccc2o1. The van der Waals surface area contributed by atoms with Gasteiger partial charge in [0, 0.05) is 24.6 Å². The number of rotatable bonds is 2. The van der Waals surface area contributed by atoms with Crippen LogP contribution in [0.1, 0.15) is 23.4 Å². The van der Waals surface area contributed by atoms with Crippen LogP contribution in [0.3, 0.4) is 0 Å². The third-order valence-electron chi connectivity index (χ3n) is 3.26. The molecule has 1 aliphatic rings. The summed E-state index contributed by atoms with van der Waals surface area (Å²) >= 11 is 0. The molecule has 1 amide bonds. The number of nitrogens with one attached hydrogen (secondary N) is 1. The minimum absolute atomic E-state index is 0.117. The zero-order valence-electron chi connectivity index (χ0n) is 10.3. The van der Waals surface area contributed by atoms with E-state index in [1.54, 1.807) is 6.07 Å². The largest absolute Gasteiger partial charge is 0.451 e. The Hall–Kier alpha value is -1.88. The average molecular weight is 263 g/mol. The molecule has 1 aromatic carbocycles. The third-order valence-corrected chi connectivity index (χ3v) is 3.26. The molecule has 19 heavy (non-hydrogen) atoms. The zero-order valence-corrected chi connectivity index (χ0v) is 10.3. The summed E-state index contributed by atoms with van der Waals surface area (Å²) in [5.41, 5.74) is 0.513. The van der Waals surface area contributed by atoms with Crippen molar-refractivity contribution in [2.24, 2.45) is 0 Å². The molecule has 1 aliphatic heterocycles. The summed E-state index contributed by atoms with van der Waals surface area (Å²) in [4.78, 5) is 12.0. The Bertz CT molecular complexity index is 602. The number of hydrogen-bond acceptors (Lipinski definition) is 3. The molecule has 0 bridgehead atoms. The molecule has 5 heteroatoms. The molecule has 100 valence electrons. The highest BCUT2D eigenvalue weighted by Crippen LogP contribution is 2.20. The monoisotopic (exact) mass is 263 g/mol. The van der Waals surface area contributed by atoms with Crippen LogP contribution in [0.25, 0.3) is 11.0 Å². The normalized spacial score (nSPS) is 16.7. The van der Waals surface area contributed by atoms with Gasteiger partial charge in [0.2, 0.25) is 0 Å². The van der Waals surface area contributed by atoms with Gasteiger partial charge in [0.05, 0.1) is 0 Å². The molecule has 0 unspecified atom stereocenters. The molecule has 1 fully saturated rings. The second kappa shape index (κ2) is 5.01. The lowest BCUT2D eigenvalue weighted by molar-refractivity contribution is 0.0684. The Labute approximate surface area is 109 Å². The maximum Gasteiger partial charge on any atom is 0.287 e. The van der Waals surface area contributed by atoms with Crippen molar-refractivity contribution in [2.75, 3.05) is 13.2 Å². The third kappa shape index (κ3) is 2.61. The van der Waals surface area contributed by atoms with Crippen LogP contribution in [0.2, 0.25) is 0 Å². The highest BCUT2D eigenvalue weighted by Gasteiger charge is 2.19. The zero-order chi connectivity index (χ0) is 13.2. The van der Waals surface area contributed by atoms with E-state index >= 15 is 0 Å². The molecule has 0 aliphatic carbocycles. The molecule has 0 atom stereocenters. The molecule has 1 N–H and O–H groups in total. The van der Waals surface area contributed by atoms with Crippen LogP contribution in [0, 0.1) is 5.82 Å². The average Bonchev–Trinajstić information content (AvgIpc) is 2.83. The number of hydrogen-bond donors (Lipinski definition) is 1. The maximum atomic E-state index is 13.1. The van der Waals surface area contributed by atoms with Crippen LogP contribution in [0.5, 0.6) is 0 Å². The summed E-state index contributed by atoms with van der Waals surface area (Å²) < 4.78 is 23.7. The van der Waals surface area contributed by atoms with Gasteiger partial charge in [-0.1, -0.05) is 0 Å². The van der Waals surface area contributed by atoms with Gasteiger partial charge in [0.15, 0.2) is 5.76 Å². The van der Waals surface area contributed by atoms with Gasteiger partial charge in [0.1, 0.15) is 11.4 Å². The minimum Gasteiger partial charge on any atom is -0.451 e. The Morgan fingerprint density at radius 3 is 2.84 bits per heavy atom. The molecule has 2 aromatic rings. The van der Waals surface area contributed by atoms with Gasteiger partial charge >= 0.3 is 0 Å². The summed E-state index contributed by atoms with van der Waals surface area (Å²) in [6.45, 7) is 1.33. The molecule has 1 saturated heterocycles. The molecule has 0 spiro atoms. The van der Waals surface area contributed by atoms with Crippen molar-refractivity contribution < 1.29 is 18.3 Å². The number of furan rings is 1. The van der Waals surface area contributed by atoms with Crippen molar-refractivity contribution in [3.05, 3.63) is 35.8 Å². The summed E-state index contributed by atoms with van der Waals surface area (Å²) in [5.74, 6) is -0.389. The number of benzene rings is 1. The lowest BCUT2D eigenvalue weighted by Crippen LogP contribution is -2.38. The standard InChI is InChI=1S/C14H14FNO3/c15-10-1-2-12-9(7-10)8-13(19-12)14(17)16-11-3-5-18-6-4-11/h1-2,7-8,11H,3-6H2,(H,16,17). The van der Waals surface area contributed by atoms with Crippen molar-refractivity contribution >= 4 is 16.9 Å². The number of ether oxygens (including phenoxy) is 1. The van der Waals surface area contributed by atoms with Crippen molar-refractivity contribution in [3.63, 3.8) is 0 Å². The van der Waals surface area contributed by atoms with Crippen LogP contribution in [-0.4, -0.2) is 25.2 Å². The number of carbonyl (C=O) groups excluding carboxylic acids is 1. The topological polar surface area (TPSA) is 51.5 Å². The molecule has 3 rings (SSSR count). The Morgan fingerprint density at radius 2 is 2.05 bits per heavy atom. The quantitative estimate of drug-likeness (QED) is 0.905. The first kappa shape index (κ1) is 12.2. The summed E-state index contributed by atoms with van der Waals surface area (Å²) in [5, 5.41) is 3.50. The van der Waals surface area contributed by atoms with Crippen LogP contribution < -0.4 is 5.32 Å². The van der Waals surface area contributed by atoms with Gasteiger partial charge in [-0.25, -0.2) is 4.39 Å². The van der Waals surface area contributed by atoms with Gasteiger partial charge in [0.25, 0.3) is 5.91 Å². The smallest absolute Gasteiger partial charge is 0.287 e. The van der Waals surface area contributed by atoms with E-state index < -0.39 is 0 Å². The van der Waals surface area contributed by atoms with Gasteiger partial charge in [-0.15, -0.1) is 0 Å². The first-order valence-corrected chi connectivity index (χ1v) is 6.30. The summed E-state index contributed by atoms with van der Waals surface area (Å²) in [7, 11) is 0. The molecular formula is C14H14FNO3. The van der Waals surface area contributed by atoms with Crippen molar-refractivity contribution in [1.29, 1.82) is 0 Å². The van der Waals surface area contributed by atoms with Crippen molar-refractivity contribution in [1.82, 2.24) is 5.32 Å². The second-order valence-electron chi connectivity index (χ2n) is 4.65. The van der Waals surface area contributed by atoms with Crippen LogP contribution in [0.4, 0.5) is 4.39 Å². The second-order valence-corrected chi connectivity index (χ2v) is 4.65. The van der Waals surface area contributed by atoms with E-state index in [2.05, 4.69) is 5.32 Å². The van der Waals surface area contributed by atoms with E-state index in [1.165, 1.54) is 18.2 Å². The Kier molecular flexibility index (Phi) is 3.21. The fraction of sp³-hybridized carbons (Fsp3) is 0.357. The number of carbonyl (C=O) groups is 1. The van der Waals surface area contributed by atoms with E-state index in [0.29, 0.717) is 24.2 Å². The number of fused-ring (bicyclic) bond motifs is 1. The number of amides is 1. The van der Waals surface area contributed by atoms with E-state index in [1.807, 2.05) is 0 Å². The van der Waals surface area contributed by atoms with Crippen LogP contribution in [-0.2, 0) is 4.74 Å². The van der Waals surface area contributed by atoms with Crippen molar-refractivity contribution in [2.45, 2.75) is 18.9 Å².